The highest BCUT2D eigenvalue weighted by Gasteiger charge is 2.04. The van der Waals surface area contributed by atoms with Crippen molar-refractivity contribution >= 4 is 34.4 Å². The average molecular weight is 303 g/mol. The highest BCUT2D eigenvalue weighted by atomic mass is 32.1. The van der Waals surface area contributed by atoms with Crippen LogP contribution >= 0.6 is 11.3 Å². The second-order valence-electron chi connectivity index (χ2n) is 4.42. The van der Waals surface area contributed by atoms with Gasteiger partial charge in [0.15, 0.2) is 5.13 Å². The van der Waals surface area contributed by atoms with E-state index in [2.05, 4.69) is 20.7 Å². The van der Waals surface area contributed by atoms with Crippen LogP contribution in [0, 0.1) is 0 Å². The number of hydrogen-bond acceptors (Lipinski definition) is 5. The molecule has 0 radical (unpaired) electrons. The molecule has 0 saturated heterocycles. The number of nitrogens with two attached hydrogens (primary N) is 1. The molecular formula is C14H17N5OS. The number of nitrogens with zero attached hydrogens (tertiary/aromatic N) is 2. The molecule has 7 heteroatoms. The lowest BCUT2D eigenvalue weighted by atomic mass is 10.1. The van der Waals surface area contributed by atoms with Crippen LogP contribution in [0.4, 0.5) is 10.8 Å². The SMILES string of the molecule is CC(=O)Nc1nc(CCc2ccc(N=CNN)cc2)cs1. The van der Waals surface area contributed by atoms with Crippen molar-refractivity contribution in [2.24, 2.45) is 10.8 Å². The van der Waals surface area contributed by atoms with Crippen molar-refractivity contribution in [1.82, 2.24) is 10.4 Å². The third-order valence-electron chi connectivity index (χ3n) is 2.73. The van der Waals surface area contributed by atoms with Crippen molar-refractivity contribution in [2.45, 2.75) is 19.8 Å². The molecule has 0 atom stereocenters. The number of nitrogens with one attached hydrogen (secondary N) is 2. The topological polar surface area (TPSA) is 92.4 Å². The van der Waals surface area contributed by atoms with Crippen LogP contribution in [-0.2, 0) is 17.6 Å². The van der Waals surface area contributed by atoms with E-state index in [-0.39, 0.29) is 5.91 Å². The van der Waals surface area contributed by atoms with Crippen molar-refractivity contribution in [2.75, 3.05) is 5.32 Å². The van der Waals surface area contributed by atoms with Crippen molar-refractivity contribution in [3.8, 4) is 0 Å². The van der Waals surface area contributed by atoms with Gasteiger partial charge < -0.3 is 10.7 Å². The van der Waals surface area contributed by atoms with Gasteiger partial charge >= 0.3 is 0 Å². The van der Waals surface area contributed by atoms with Crippen LogP contribution < -0.4 is 16.6 Å². The molecule has 1 aromatic heterocycles. The van der Waals surface area contributed by atoms with Gasteiger partial charge in [-0.3, -0.25) is 4.79 Å². The molecule has 0 aliphatic carbocycles. The Kier molecular flexibility index (Phi) is 5.42. The lowest BCUT2D eigenvalue weighted by molar-refractivity contribution is -0.114. The van der Waals surface area contributed by atoms with Crippen LogP contribution in [0.3, 0.4) is 0 Å². The summed E-state index contributed by atoms with van der Waals surface area (Å²) in [6, 6.07) is 7.94. The molecule has 1 aromatic carbocycles. The van der Waals surface area contributed by atoms with Crippen molar-refractivity contribution in [3.63, 3.8) is 0 Å². The molecule has 0 unspecified atom stereocenters. The van der Waals surface area contributed by atoms with E-state index in [0.717, 1.165) is 24.2 Å². The molecule has 1 heterocycles. The average Bonchev–Trinajstić information content (AvgIpc) is 2.91. The summed E-state index contributed by atoms with van der Waals surface area (Å²) in [5, 5.41) is 5.31. The van der Waals surface area contributed by atoms with Gasteiger partial charge in [0, 0.05) is 12.3 Å². The Morgan fingerprint density at radius 1 is 1.38 bits per heavy atom. The van der Waals surface area contributed by atoms with Gasteiger partial charge in [0.2, 0.25) is 5.91 Å². The summed E-state index contributed by atoms with van der Waals surface area (Å²) in [6.45, 7) is 1.48. The minimum atomic E-state index is -0.0981. The fourth-order valence-electron chi connectivity index (χ4n) is 1.76. The highest BCUT2D eigenvalue weighted by Crippen LogP contribution is 2.18. The molecule has 0 bridgehead atoms. The first-order valence-corrected chi connectivity index (χ1v) is 7.35. The number of hydrogen-bond donors (Lipinski definition) is 3. The molecule has 110 valence electrons. The largest absolute Gasteiger partial charge is 0.315 e. The number of rotatable bonds is 6. The summed E-state index contributed by atoms with van der Waals surface area (Å²) in [7, 11) is 0. The number of hydrazine groups is 1. The number of carbonyl (C=O) groups is 1. The van der Waals surface area contributed by atoms with Gasteiger partial charge in [0.1, 0.15) is 6.34 Å². The molecule has 0 spiro atoms. The number of amides is 1. The molecule has 21 heavy (non-hydrogen) atoms. The lowest BCUT2D eigenvalue weighted by Gasteiger charge is -2.00. The smallest absolute Gasteiger partial charge is 0.223 e. The minimum absolute atomic E-state index is 0.0981. The number of anilines is 1. The molecule has 0 aliphatic heterocycles. The molecule has 6 nitrogen and oxygen atoms in total. The zero-order valence-corrected chi connectivity index (χ0v) is 12.5. The predicted octanol–water partition coefficient (Wildman–Crippen LogP) is 2.01. The Balaban J connectivity index is 1.89. The molecule has 0 aliphatic rings. The molecule has 4 N–H and O–H groups in total. The van der Waals surface area contributed by atoms with Crippen LogP contribution in [0.2, 0.25) is 0 Å². The van der Waals surface area contributed by atoms with Gasteiger partial charge in [0.25, 0.3) is 0 Å². The summed E-state index contributed by atoms with van der Waals surface area (Å²) in [6.07, 6.45) is 3.17. The summed E-state index contributed by atoms with van der Waals surface area (Å²) in [5.74, 6) is 5.02. The second kappa shape index (κ2) is 7.51. The van der Waals surface area contributed by atoms with E-state index >= 15 is 0 Å². The van der Waals surface area contributed by atoms with Crippen LogP contribution in [0.1, 0.15) is 18.2 Å². The summed E-state index contributed by atoms with van der Waals surface area (Å²) in [5.41, 5.74) is 5.41. The van der Waals surface area contributed by atoms with Gasteiger partial charge in [0.05, 0.1) is 11.4 Å². The first kappa shape index (κ1) is 15.1. The summed E-state index contributed by atoms with van der Waals surface area (Å²) in [4.78, 5) is 19.4. The minimum Gasteiger partial charge on any atom is -0.315 e. The first-order valence-electron chi connectivity index (χ1n) is 6.47. The van der Waals surface area contributed by atoms with E-state index in [1.165, 1.54) is 30.2 Å². The Hall–Kier alpha value is -2.25. The molecule has 0 saturated carbocycles. The second-order valence-corrected chi connectivity index (χ2v) is 5.27. The number of aromatic nitrogens is 1. The Morgan fingerprint density at radius 2 is 2.14 bits per heavy atom. The van der Waals surface area contributed by atoms with E-state index < -0.39 is 0 Å². The Morgan fingerprint density at radius 3 is 2.81 bits per heavy atom. The zero-order chi connectivity index (χ0) is 15.1. The summed E-state index contributed by atoms with van der Waals surface area (Å²) >= 11 is 1.44. The molecular weight excluding hydrogens is 286 g/mol. The van der Waals surface area contributed by atoms with E-state index in [1.807, 2.05) is 29.6 Å². The summed E-state index contributed by atoms with van der Waals surface area (Å²) < 4.78 is 0. The van der Waals surface area contributed by atoms with E-state index in [0.29, 0.717) is 5.13 Å². The van der Waals surface area contributed by atoms with Crippen LogP contribution in [0.25, 0.3) is 0 Å². The van der Waals surface area contributed by atoms with Gasteiger partial charge in [-0.1, -0.05) is 12.1 Å². The van der Waals surface area contributed by atoms with Gasteiger partial charge in [-0.05, 0) is 30.5 Å². The number of thiazole rings is 1. The quantitative estimate of drug-likeness (QED) is 0.329. The maximum absolute atomic E-state index is 10.9. The number of carbonyl (C=O) groups excluding carboxylic acids is 1. The van der Waals surface area contributed by atoms with E-state index in [9.17, 15) is 4.79 Å². The number of benzene rings is 1. The van der Waals surface area contributed by atoms with E-state index in [1.54, 1.807) is 0 Å². The molecule has 0 fully saturated rings. The van der Waals surface area contributed by atoms with E-state index in [4.69, 9.17) is 5.84 Å². The first-order chi connectivity index (χ1) is 10.2. The van der Waals surface area contributed by atoms with Gasteiger partial charge in [-0.15, -0.1) is 11.3 Å². The van der Waals surface area contributed by atoms with Crippen molar-refractivity contribution in [1.29, 1.82) is 0 Å². The molecule has 2 rings (SSSR count). The van der Waals surface area contributed by atoms with Crippen LogP contribution in [-0.4, -0.2) is 17.2 Å². The predicted molar refractivity (Wildman–Crippen MR) is 85.7 cm³/mol. The Bertz CT molecular complexity index is 621. The van der Waals surface area contributed by atoms with Crippen LogP contribution in [0.15, 0.2) is 34.6 Å². The number of aryl methyl sites for hydroxylation is 2. The lowest BCUT2D eigenvalue weighted by Crippen LogP contribution is -2.18. The molecule has 1 amide bonds. The standard InChI is InChI=1S/C14H17N5OS/c1-10(20)18-14-19-13(8-21-14)7-4-11-2-5-12(6-3-11)16-9-17-15/h2-3,5-6,8-9H,4,7,15H2,1H3,(H,16,17)(H,18,19,20). The highest BCUT2D eigenvalue weighted by molar-refractivity contribution is 7.13. The van der Waals surface area contributed by atoms with Crippen molar-refractivity contribution in [3.05, 3.63) is 40.9 Å². The van der Waals surface area contributed by atoms with Crippen molar-refractivity contribution < 1.29 is 4.79 Å². The molecule has 2 aromatic rings. The van der Waals surface area contributed by atoms with Gasteiger partial charge in [-0.2, -0.15) is 0 Å². The number of aliphatic imine (C=N–C) groups is 1. The normalized spacial score (nSPS) is 10.8. The zero-order valence-electron chi connectivity index (χ0n) is 11.7. The van der Waals surface area contributed by atoms with Crippen LogP contribution in [0.5, 0.6) is 0 Å². The maximum Gasteiger partial charge on any atom is 0.223 e. The fraction of sp³-hybridized carbons (Fsp3) is 0.214. The Labute approximate surface area is 127 Å². The fourth-order valence-corrected chi connectivity index (χ4v) is 2.55. The monoisotopic (exact) mass is 303 g/mol. The third-order valence-corrected chi connectivity index (χ3v) is 3.54. The third kappa shape index (κ3) is 4.97. The van der Waals surface area contributed by atoms with Gasteiger partial charge in [-0.25, -0.2) is 15.8 Å². The maximum atomic E-state index is 10.9.